The Bertz CT molecular complexity index is 842. The van der Waals surface area contributed by atoms with Crippen molar-refractivity contribution in [2.75, 3.05) is 20.6 Å². The van der Waals surface area contributed by atoms with Gasteiger partial charge in [0, 0.05) is 12.1 Å². The molecule has 2 aromatic carbocycles. The van der Waals surface area contributed by atoms with E-state index in [4.69, 9.17) is 9.84 Å². The summed E-state index contributed by atoms with van der Waals surface area (Å²) in [5, 5.41) is 19.1. The molecule has 2 aromatic rings. The maximum absolute atomic E-state index is 11.2. The van der Waals surface area contributed by atoms with Crippen LogP contribution in [0.15, 0.2) is 48.5 Å². The van der Waals surface area contributed by atoms with Gasteiger partial charge in [-0.15, -0.1) is 0 Å². The number of carboxylic acid groups (broad SMARTS) is 1. The lowest BCUT2D eigenvalue weighted by Gasteiger charge is -2.14. The van der Waals surface area contributed by atoms with Crippen LogP contribution in [-0.2, 0) is 11.4 Å². The van der Waals surface area contributed by atoms with E-state index < -0.39 is 12.1 Å². The van der Waals surface area contributed by atoms with Gasteiger partial charge in [0.1, 0.15) is 12.4 Å². The fourth-order valence-corrected chi connectivity index (χ4v) is 3.09. The molecule has 0 spiro atoms. The van der Waals surface area contributed by atoms with E-state index in [0.29, 0.717) is 17.9 Å². The lowest BCUT2D eigenvalue weighted by atomic mass is 9.92. The van der Waals surface area contributed by atoms with Gasteiger partial charge in [0.2, 0.25) is 0 Å². The fraction of sp³-hybridized carbons (Fsp3) is 0.286. The number of fused-ring (bicyclic) bond motifs is 2. The first kappa shape index (κ1) is 18.2. The van der Waals surface area contributed by atoms with Crippen LogP contribution in [0.4, 0.5) is 0 Å². The molecule has 136 valence electrons. The molecule has 0 aromatic heterocycles. The van der Waals surface area contributed by atoms with Crippen LogP contribution in [0, 0.1) is 0 Å². The van der Waals surface area contributed by atoms with E-state index in [1.807, 2.05) is 32.3 Å². The minimum atomic E-state index is -1.55. The van der Waals surface area contributed by atoms with E-state index in [1.165, 1.54) is 0 Å². The Labute approximate surface area is 153 Å². The molecule has 3 rings (SSSR count). The van der Waals surface area contributed by atoms with Crippen molar-refractivity contribution in [1.29, 1.82) is 0 Å². The third kappa shape index (κ3) is 3.79. The first-order valence-electron chi connectivity index (χ1n) is 8.58. The van der Waals surface area contributed by atoms with Gasteiger partial charge >= 0.3 is 5.97 Å². The molecule has 1 aliphatic rings. The minimum Gasteiger partial charge on any atom is -0.488 e. The summed E-state index contributed by atoms with van der Waals surface area (Å²) in [6.45, 7) is 1.36. The monoisotopic (exact) mass is 353 g/mol. The van der Waals surface area contributed by atoms with Gasteiger partial charge in [-0.3, -0.25) is 0 Å². The molecule has 0 saturated carbocycles. The van der Waals surface area contributed by atoms with Crippen LogP contribution < -0.4 is 4.74 Å². The number of benzene rings is 2. The van der Waals surface area contributed by atoms with Gasteiger partial charge in [-0.05, 0) is 54.9 Å². The summed E-state index contributed by atoms with van der Waals surface area (Å²) in [7, 11) is 4.05. The van der Waals surface area contributed by atoms with Crippen molar-refractivity contribution in [3.63, 3.8) is 0 Å². The topological polar surface area (TPSA) is 70.0 Å². The van der Waals surface area contributed by atoms with Crippen molar-refractivity contribution in [2.45, 2.75) is 19.1 Å². The third-order valence-electron chi connectivity index (χ3n) is 4.46. The van der Waals surface area contributed by atoms with Crippen LogP contribution in [0.3, 0.4) is 0 Å². The fourth-order valence-electron chi connectivity index (χ4n) is 3.09. The molecule has 1 heterocycles. The minimum absolute atomic E-state index is 0.345. The summed E-state index contributed by atoms with van der Waals surface area (Å²) in [6.07, 6.45) is 1.45. The molecule has 0 amide bonds. The number of hydrogen-bond donors (Lipinski definition) is 2. The van der Waals surface area contributed by atoms with Gasteiger partial charge in [0.25, 0.3) is 0 Å². The number of ether oxygens (including phenoxy) is 1. The lowest BCUT2D eigenvalue weighted by molar-refractivity contribution is -0.146. The number of nitrogens with zero attached hydrogens (tertiary/aromatic N) is 1. The predicted octanol–water partition coefficient (Wildman–Crippen LogP) is 3.08. The summed E-state index contributed by atoms with van der Waals surface area (Å²) >= 11 is 0. The molecule has 1 aliphatic heterocycles. The van der Waals surface area contributed by atoms with Crippen molar-refractivity contribution < 1.29 is 19.7 Å². The summed E-state index contributed by atoms with van der Waals surface area (Å²) in [4.78, 5) is 13.3. The van der Waals surface area contributed by atoms with Gasteiger partial charge in [-0.2, -0.15) is 0 Å². The Morgan fingerprint density at radius 2 is 2.00 bits per heavy atom. The number of aliphatic hydroxyl groups excluding tert-OH is 1. The molecule has 0 fully saturated rings. The summed E-state index contributed by atoms with van der Waals surface area (Å²) in [5.41, 5.74) is 4.32. The molecule has 1 atom stereocenters. The first-order chi connectivity index (χ1) is 12.5. The lowest BCUT2D eigenvalue weighted by Crippen LogP contribution is -2.12. The molecule has 5 heteroatoms. The molecule has 2 N–H and O–H groups in total. The molecular formula is C21H23NO4. The van der Waals surface area contributed by atoms with E-state index in [0.717, 1.165) is 35.2 Å². The predicted molar refractivity (Wildman–Crippen MR) is 100 cm³/mol. The molecule has 0 bridgehead atoms. The molecule has 0 aliphatic carbocycles. The third-order valence-corrected chi connectivity index (χ3v) is 4.46. The van der Waals surface area contributed by atoms with Crippen molar-refractivity contribution in [1.82, 2.24) is 4.90 Å². The van der Waals surface area contributed by atoms with Crippen LogP contribution in [0.2, 0.25) is 0 Å². The van der Waals surface area contributed by atoms with E-state index in [2.05, 4.69) is 17.0 Å². The van der Waals surface area contributed by atoms with Crippen LogP contribution in [0.25, 0.3) is 5.57 Å². The van der Waals surface area contributed by atoms with Crippen LogP contribution in [0.5, 0.6) is 5.75 Å². The first-order valence-corrected chi connectivity index (χ1v) is 8.58. The second kappa shape index (κ2) is 7.72. The SMILES string of the molecule is CN(C)CC/C=C1/c2ccccc2COc2ccc(C(O)C(=O)O)cc21. The largest absolute Gasteiger partial charge is 0.488 e. The van der Waals surface area contributed by atoms with Crippen molar-refractivity contribution >= 4 is 11.5 Å². The Morgan fingerprint density at radius 3 is 2.73 bits per heavy atom. The van der Waals surface area contributed by atoms with Crippen LogP contribution >= 0.6 is 0 Å². The van der Waals surface area contributed by atoms with Crippen molar-refractivity contribution in [3.8, 4) is 5.75 Å². The highest BCUT2D eigenvalue weighted by Crippen LogP contribution is 2.38. The number of hydrogen-bond acceptors (Lipinski definition) is 4. The van der Waals surface area contributed by atoms with Crippen LogP contribution in [0.1, 0.15) is 34.8 Å². The van der Waals surface area contributed by atoms with Gasteiger partial charge in [-0.1, -0.05) is 36.4 Å². The normalized spacial score (nSPS) is 15.8. The maximum Gasteiger partial charge on any atom is 0.337 e. The van der Waals surface area contributed by atoms with Gasteiger partial charge in [-0.25, -0.2) is 4.79 Å². The van der Waals surface area contributed by atoms with Gasteiger partial charge < -0.3 is 19.8 Å². The molecular weight excluding hydrogens is 330 g/mol. The number of carboxylic acids is 1. The molecule has 5 nitrogen and oxygen atoms in total. The number of carbonyl (C=O) groups is 1. The molecule has 26 heavy (non-hydrogen) atoms. The maximum atomic E-state index is 11.2. The van der Waals surface area contributed by atoms with E-state index in [-0.39, 0.29) is 0 Å². The Hall–Kier alpha value is -2.63. The Kier molecular flexibility index (Phi) is 5.40. The highest BCUT2D eigenvalue weighted by molar-refractivity contribution is 5.86. The Morgan fingerprint density at radius 1 is 1.23 bits per heavy atom. The Balaban J connectivity index is 2.11. The van der Waals surface area contributed by atoms with Gasteiger partial charge in [0.15, 0.2) is 6.10 Å². The zero-order chi connectivity index (χ0) is 18.7. The standard InChI is InChI=1S/C21H23NO4/c1-22(2)11-5-8-17-16-7-4-3-6-15(16)13-26-19-10-9-14(12-18(17)19)20(23)21(24)25/h3-4,6-10,12,20,23H,5,11,13H2,1-2H3,(H,24,25)/b17-8-. The van der Waals surface area contributed by atoms with Crippen molar-refractivity contribution in [3.05, 3.63) is 70.8 Å². The van der Waals surface area contributed by atoms with E-state index in [9.17, 15) is 9.90 Å². The van der Waals surface area contributed by atoms with Gasteiger partial charge in [0.05, 0.1) is 0 Å². The van der Waals surface area contributed by atoms with Crippen LogP contribution in [-0.4, -0.2) is 41.7 Å². The molecule has 0 saturated heterocycles. The molecule has 1 unspecified atom stereocenters. The van der Waals surface area contributed by atoms with Crippen molar-refractivity contribution in [2.24, 2.45) is 0 Å². The average Bonchev–Trinajstić information content (AvgIpc) is 2.78. The number of rotatable bonds is 5. The zero-order valence-corrected chi connectivity index (χ0v) is 15.0. The smallest absolute Gasteiger partial charge is 0.337 e. The summed E-state index contributed by atoms with van der Waals surface area (Å²) in [6, 6.07) is 13.1. The second-order valence-corrected chi connectivity index (χ2v) is 6.65. The highest BCUT2D eigenvalue weighted by Gasteiger charge is 2.22. The quantitative estimate of drug-likeness (QED) is 0.864. The molecule has 0 radical (unpaired) electrons. The summed E-state index contributed by atoms with van der Waals surface area (Å²) in [5.74, 6) is -0.573. The highest BCUT2D eigenvalue weighted by atomic mass is 16.5. The van der Waals surface area contributed by atoms with E-state index >= 15 is 0 Å². The number of aliphatic carboxylic acids is 1. The summed E-state index contributed by atoms with van der Waals surface area (Å²) < 4.78 is 5.95. The van der Waals surface area contributed by atoms with E-state index in [1.54, 1.807) is 18.2 Å². The number of aliphatic hydroxyl groups is 1. The average molecular weight is 353 g/mol. The zero-order valence-electron chi connectivity index (χ0n) is 15.0. The second-order valence-electron chi connectivity index (χ2n) is 6.65.